The van der Waals surface area contributed by atoms with E-state index < -0.39 is 0 Å². The van der Waals surface area contributed by atoms with Gasteiger partial charge in [0.15, 0.2) is 11.5 Å². The monoisotopic (exact) mass is 418 g/mol. The van der Waals surface area contributed by atoms with Gasteiger partial charge in [-0.05, 0) is 42.2 Å². The summed E-state index contributed by atoms with van der Waals surface area (Å²) in [5, 5.41) is 8.48. The molecule has 0 atom stereocenters. The van der Waals surface area contributed by atoms with Gasteiger partial charge in [0.2, 0.25) is 11.6 Å². The maximum Gasteiger partial charge on any atom is 0.259 e. The maximum atomic E-state index is 6.37. The van der Waals surface area contributed by atoms with E-state index in [1.807, 2.05) is 30.5 Å². The van der Waals surface area contributed by atoms with Crippen LogP contribution < -0.4 is 14.2 Å². The Labute approximate surface area is 172 Å². The van der Waals surface area contributed by atoms with Crippen molar-refractivity contribution in [3.8, 4) is 28.7 Å². The number of benzene rings is 2. The molecule has 0 spiro atoms. The number of hydrogen-bond acceptors (Lipinski definition) is 7. The standard InChI is InChI=1S/C20H19ClN2O4S/c1-24-16-10-13(11-17(25-2)18(16)26-3)19-22-23-20(27-19)15(21)9-12-5-7-14(28-4)8-6-12/h5-11H,1-4H3/b15-9-. The molecule has 0 radical (unpaired) electrons. The van der Waals surface area contributed by atoms with Gasteiger partial charge in [-0.3, -0.25) is 0 Å². The second kappa shape index (κ2) is 9.03. The molecule has 0 unspecified atom stereocenters. The number of rotatable bonds is 7. The topological polar surface area (TPSA) is 66.6 Å². The van der Waals surface area contributed by atoms with Gasteiger partial charge in [-0.1, -0.05) is 23.7 Å². The summed E-state index contributed by atoms with van der Waals surface area (Å²) >= 11 is 8.05. The Morgan fingerprint density at radius 3 is 2.18 bits per heavy atom. The summed E-state index contributed by atoms with van der Waals surface area (Å²) in [4.78, 5) is 1.18. The number of halogens is 1. The van der Waals surface area contributed by atoms with E-state index in [4.69, 9.17) is 30.2 Å². The molecule has 1 aromatic heterocycles. The highest BCUT2D eigenvalue weighted by atomic mass is 35.5. The molecule has 3 rings (SSSR count). The fourth-order valence-electron chi connectivity index (χ4n) is 2.55. The van der Waals surface area contributed by atoms with Crippen molar-refractivity contribution in [2.75, 3.05) is 27.6 Å². The van der Waals surface area contributed by atoms with Crippen LogP contribution in [-0.4, -0.2) is 37.8 Å². The van der Waals surface area contributed by atoms with Crippen LogP contribution in [0.1, 0.15) is 11.5 Å². The molecule has 0 aliphatic rings. The number of hydrogen-bond donors (Lipinski definition) is 0. The van der Waals surface area contributed by atoms with Crippen LogP contribution in [0.25, 0.3) is 22.6 Å². The molecular weight excluding hydrogens is 400 g/mol. The SMILES string of the molecule is COc1cc(-c2nnc(/C(Cl)=C/c3ccc(SC)cc3)o2)cc(OC)c1OC. The number of methoxy groups -OCH3 is 3. The predicted octanol–water partition coefficient (Wildman–Crippen LogP) is 5.22. The highest BCUT2D eigenvalue weighted by Crippen LogP contribution is 2.41. The lowest BCUT2D eigenvalue weighted by molar-refractivity contribution is 0.324. The molecule has 0 saturated carbocycles. The lowest BCUT2D eigenvalue weighted by Crippen LogP contribution is -1.95. The van der Waals surface area contributed by atoms with Gasteiger partial charge in [-0.15, -0.1) is 22.0 Å². The predicted molar refractivity (Wildman–Crippen MR) is 111 cm³/mol. The van der Waals surface area contributed by atoms with E-state index in [-0.39, 0.29) is 5.89 Å². The van der Waals surface area contributed by atoms with E-state index in [0.717, 1.165) is 5.56 Å². The third-order valence-electron chi connectivity index (χ3n) is 3.95. The summed E-state index contributed by atoms with van der Waals surface area (Å²) in [5.74, 6) is 1.98. The average molecular weight is 419 g/mol. The largest absolute Gasteiger partial charge is 0.493 e. The fourth-order valence-corrected chi connectivity index (χ4v) is 3.16. The number of nitrogens with zero attached hydrogens (tertiary/aromatic N) is 2. The Morgan fingerprint density at radius 2 is 1.64 bits per heavy atom. The molecule has 146 valence electrons. The van der Waals surface area contributed by atoms with Gasteiger partial charge in [-0.25, -0.2) is 0 Å². The number of ether oxygens (including phenoxy) is 3. The van der Waals surface area contributed by atoms with E-state index in [1.165, 1.54) is 4.90 Å². The van der Waals surface area contributed by atoms with Crippen LogP contribution in [0.3, 0.4) is 0 Å². The summed E-state index contributed by atoms with van der Waals surface area (Å²) in [5.41, 5.74) is 1.57. The zero-order chi connectivity index (χ0) is 20.1. The minimum atomic E-state index is 0.222. The Kier molecular flexibility index (Phi) is 6.49. The third-order valence-corrected chi connectivity index (χ3v) is 4.96. The molecule has 1 heterocycles. The van der Waals surface area contributed by atoms with Crippen molar-refractivity contribution in [2.24, 2.45) is 0 Å². The van der Waals surface area contributed by atoms with Crippen LogP contribution in [0.2, 0.25) is 0 Å². The minimum Gasteiger partial charge on any atom is -0.493 e. The molecule has 0 bridgehead atoms. The van der Waals surface area contributed by atoms with Crippen LogP contribution >= 0.6 is 23.4 Å². The van der Waals surface area contributed by atoms with E-state index in [9.17, 15) is 0 Å². The number of aromatic nitrogens is 2. The molecule has 3 aromatic rings. The van der Waals surface area contributed by atoms with Gasteiger partial charge >= 0.3 is 0 Å². The molecule has 0 amide bonds. The van der Waals surface area contributed by atoms with Crippen LogP contribution in [0.4, 0.5) is 0 Å². The van der Waals surface area contributed by atoms with Crippen LogP contribution in [0, 0.1) is 0 Å². The van der Waals surface area contributed by atoms with E-state index in [1.54, 1.807) is 51.3 Å². The second-order valence-corrected chi connectivity index (χ2v) is 6.88. The molecule has 0 N–H and O–H groups in total. The van der Waals surface area contributed by atoms with Crippen molar-refractivity contribution < 1.29 is 18.6 Å². The fraction of sp³-hybridized carbons (Fsp3) is 0.200. The molecule has 6 nitrogen and oxygen atoms in total. The van der Waals surface area contributed by atoms with Crippen molar-refractivity contribution in [1.29, 1.82) is 0 Å². The van der Waals surface area contributed by atoms with Gasteiger partial charge in [-0.2, -0.15) is 0 Å². The summed E-state index contributed by atoms with van der Waals surface area (Å²) in [6.07, 6.45) is 3.80. The smallest absolute Gasteiger partial charge is 0.259 e. The molecule has 0 aliphatic heterocycles. The molecule has 0 saturated heterocycles. The first-order valence-corrected chi connectivity index (χ1v) is 9.85. The Balaban J connectivity index is 1.92. The number of thioether (sulfide) groups is 1. The quantitative estimate of drug-likeness (QED) is 0.487. The molecule has 0 fully saturated rings. The second-order valence-electron chi connectivity index (χ2n) is 5.59. The maximum absolute atomic E-state index is 6.37. The van der Waals surface area contributed by atoms with Crippen LogP contribution in [0.15, 0.2) is 45.7 Å². The first-order chi connectivity index (χ1) is 13.6. The Bertz CT molecular complexity index is 961. The molecule has 28 heavy (non-hydrogen) atoms. The van der Waals surface area contributed by atoms with Gasteiger partial charge in [0.25, 0.3) is 5.89 Å². The van der Waals surface area contributed by atoms with Crippen LogP contribution in [-0.2, 0) is 0 Å². The van der Waals surface area contributed by atoms with E-state index in [0.29, 0.717) is 33.7 Å². The summed E-state index contributed by atoms with van der Waals surface area (Å²) in [6, 6.07) is 11.5. The van der Waals surface area contributed by atoms with Crippen molar-refractivity contribution in [3.05, 3.63) is 47.9 Å². The van der Waals surface area contributed by atoms with Gasteiger partial charge in [0.1, 0.15) is 5.03 Å². The zero-order valence-corrected chi connectivity index (χ0v) is 17.4. The van der Waals surface area contributed by atoms with Crippen molar-refractivity contribution >= 4 is 34.5 Å². The molecule has 0 aliphatic carbocycles. The Hall–Kier alpha value is -2.64. The summed E-state index contributed by atoms with van der Waals surface area (Å²) < 4.78 is 21.8. The lowest BCUT2D eigenvalue weighted by Gasteiger charge is -2.12. The highest BCUT2D eigenvalue weighted by molar-refractivity contribution is 7.98. The summed E-state index contributed by atoms with van der Waals surface area (Å²) in [6.45, 7) is 0. The van der Waals surface area contributed by atoms with Crippen molar-refractivity contribution in [3.63, 3.8) is 0 Å². The average Bonchev–Trinajstić information content (AvgIpc) is 3.23. The first kappa shape index (κ1) is 20.1. The van der Waals surface area contributed by atoms with E-state index in [2.05, 4.69) is 10.2 Å². The zero-order valence-electron chi connectivity index (χ0n) is 15.9. The molecule has 2 aromatic carbocycles. The molecular formula is C20H19ClN2O4S. The first-order valence-electron chi connectivity index (χ1n) is 8.25. The van der Waals surface area contributed by atoms with Crippen LogP contribution in [0.5, 0.6) is 17.2 Å². The molecule has 8 heteroatoms. The Morgan fingerprint density at radius 1 is 1.00 bits per heavy atom. The third kappa shape index (κ3) is 4.26. The van der Waals surface area contributed by atoms with E-state index >= 15 is 0 Å². The normalized spacial score (nSPS) is 11.4. The minimum absolute atomic E-state index is 0.222. The van der Waals surface area contributed by atoms with Gasteiger partial charge in [0, 0.05) is 10.5 Å². The van der Waals surface area contributed by atoms with Gasteiger partial charge < -0.3 is 18.6 Å². The highest BCUT2D eigenvalue weighted by Gasteiger charge is 2.18. The van der Waals surface area contributed by atoms with Crippen molar-refractivity contribution in [2.45, 2.75) is 4.90 Å². The lowest BCUT2D eigenvalue weighted by atomic mass is 10.2. The summed E-state index contributed by atoms with van der Waals surface area (Å²) in [7, 11) is 4.63. The van der Waals surface area contributed by atoms with Crippen molar-refractivity contribution in [1.82, 2.24) is 10.2 Å². The van der Waals surface area contributed by atoms with Gasteiger partial charge in [0.05, 0.1) is 21.3 Å².